The highest BCUT2D eigenvalue weighted by molar-refractivity contribution is 4.96. The summed E-state index contributed by atoms with van der Waals surface area (Å²) in [5.41, 5.74) is 0. The number of hydrogen-bond acceptors (Lipinski definition) is 5. The minimum Gasteiger partial charge on any atom is -0.394 e. The number of nitrogens with zero attached hydrogens (tertiary/aromatic N) is 4. The number of hydrogen-bond donors (Lipinski definition) is 1. The Hall–Kier alpha value is -0.980. The van der Waals surface area contributed by atoms with Gasteiger partial charge in [0.1, 0.15) is 5.82 Å². The number of likely N-dealkylation sites (N-methyl/N-ethyl adjacent to an activating group) is 1. The van der Waals surface area contributed by atoms with Crippen LogP contribution >= 0.6 is 0 Å². The Morgan fingerprint density at radius 1 is 1.44 bits per heavy atom. The van der Waals surface area contributed by atoms with Gasteiger partial charge in [0.15, 0.2) is 5.82 Å². The minimum atomic E-state index is 0.0798. The summed E-state index contributed by atoms with van der Waals surface area (Å²) < 4.78 is 6.82. The minimum absolute atomic E-state index is 0.0798. The Bertz CT molecular complexity index is 352. The number of methoxy groups -OCH3 is 1. The smallest absolute Gasteiger partial charge is 0.153 e. The molecule has 0 aliphatic heterocycles. The maximum atomic E-state index is 9.05. The van der Waals surface area contributed by atoms with Gasteiger partial charge in [-0.15, -0.1) is 0 Å². The summed E-state index contributed by atoms with van der Waals surface area (Å²) in [4.78, 5) is 6.67. The lowest BCUT2D eigenvalue weighted by molar-refractivity contribution is 0.200. The van der Waals surface area contributed by atoms with Gasteiger partial charge in [0.05, 0.1) is 19.8 Å². The van der Waals surface area contributed by atoms with Gasteiger partial charge in [-0.05, 0) is 21.0 Å². The van der Waals surface area contributed by atoms with Gasteiger partial charge in [-0.1, -0.05) is 0 Å². The lowest BCUT2D eigenvalue weighted by atomic mass is 10.2. The molecule has 1 N–H and O–H groups in total. The van der Waals surface area contributed by atoms with Gasteiger partial charge in [-0.3, -0.25) is 0 Å². The first-order chi connectivity index (χ1) is 8.58. The number of aliphatic hydroxyl groups is 1. The molecule has 0 aromatic carbocycles. The molecule has 0 aliphatic rings. The Morgan fingerprint density at radius 3 is 2.72 bits per heavy atom. The molecule has 1 aromatic heterocycles. The van der Waals surface area contributed by atoms with Crippen molar-refractivity contribution < 1.29 is 9.84 Å². The van der Waals surface area contributed by atoms with Crippen LogP contribution < -0.4 is 0 Å². The van der Waals surface area contributed by atoms with Crippen molar-refractivity contribution >= 4 is 0 Å². The first kappa shape index (κ1) is 15.1. The molecule has 0 fully saturated rings. The first-order valence-corrected chi connectivity index (χ1v) is 6.27. The van der Waals surface area contributed by atoms with E-state index in [2.05, 4.69) is 21.9 Å². The average molecular weight is 256 g/mol. The van der Waals surface area contributed by atoms with Crippen LogP contribution in [0.2, 0.25) is 0 Å². The topological polar surface area (TPSA) is 63.4 Å². The molecule has 1 heterocycles. The van der Waals surface area contributed by atoms with Crippen LogP contribution in [0.1, 0.15) is 18.6 Å². The van der Waals surface area contributed by atoms with Crippen molar-refractivity contribution in [3.05, 3.63) is 11.6 Å². The summed E-state index contributed by atoms with van der Waals surface area (Å²) in [7, 11) is 5.76. The third kappa shape index (κ3) is 4.36. The van der Waals surface area contributed by atoms with Crippen molar-refractivity contribution in [2.24, 2.45) is 0 Å². The van der Waals surface area contributed by atoms with Crippen LogP contribution in [0, 0.1) is 0 Å². The van der Waals surface area contributed by atoms with E-state index in [0.29, 0.717) is 25.6 Å². The molecule has 0 saturated heterocycles. The number of rotatable bonds is 8. The van der Waals surface area contributed by atoms with E-state index in [4.69, 9.17) is 9.84 Å². The summed E-state index contributed by atoms with van der Waals surface area (Å²) in [6.07, 6.45) is 1.53. The normalized spacial score (nSPS) is 13.2. The van der Waals surface area contributed by atoms with E-state index in [0.717, 1.165) is 18.1 Å². The van der Waals surface area contributed by atoms with E-state index >= 15 is 0 Å². The van der Waals surface area contributed by atoms with Crippen LogP contribution in [0.15, 0.2) is 0 Å². The second kappa shape index (κ2) is 7.45. The molecule has 0 spiro atoms. The highest BCUT2D eigenvalue weighted by atomic mass is 16.5. The molecular formula is C12H24N4O2. The molecule has 1 atom stereocenters. The fourth-order valence-corrected chi connectivity index (χ4v) is 1.60. The van der Waals surface area contributed by atoms with Crippen LogP contribution in [0.5, 0.6) is 0 Å². The highest BCUT2D eigenvalue weighted by Crippen LogP contribution is 2.06. The maximum Gasteiger partial charge on any atom is 0.153 e. The third-order valence-electron chi connectivity index (χ3n) is 2.99. The highest BCUT2D eigenvalue weighted by Gasteiger charge is 2.14. The van der Waals surface area contributed by atoms with Crippen molar-refractivity contribution in [3.8, 4) is 0 Å². The molecule has 0 amide bonds. The largest absolute Gasteiger partial charge is 0.394 e. The molecule has 6 heteroatoms. The fraction of sp³-hybridized carbons (Fsp3) is 0.833. The monoisotopic (exact) mass is 256 g/mol. The van der Waals surface area contributed by atoms with Crippen LogP contribution in [0.25, 0.3) is 0 Å². The van der Waals surface area contributed by atoms with Crippen LogP contribution in [0.3, 0.4) is 0 Å². The van der Waals surface area contributed by atoms with E-state index in [-0.39, 0.29) is 6.61 Å². The van der Waals surface area contributed by atoms with Gasteiger partial charge in [-0.2, -0.15) is 5.10 Å². The van der Waals surface area contributed by atoms with E-state index < -0.39 is 0 Å². The molecule has 1 aromatic rings. The predicted octanol–water partition coefficient (Wildman–Crippen LogP) is -0.0481. The van der Waals surface area contributed by atoms with Crippen LogP contribution in [0.4, 0.5) is 0 Å². The van der Waals surface area contributed by atoms with Gasteiger partial charge >= 0.3 is 0 Å². The molecule has 0 unspecified atom stereocenters. The molecule has 1 rings (SSSR count). The summed E-state index contributed by atoms with van der Waals surface area (Å²) >= 11 is 0. The van der Waals surface area contributed by atoms with Crippen LogP contribution in [-0.4, -0.2) is 65.2 Å². The summed E-state index contributed by atoms with van der Waals surface area (Å²) in [5.74, 6) is 1.71. The van der Waals surface area contributed by atoms with Crippen molar-refractivity contribution in [1.82, 2.24) is 19.7 Å². The molecule has 0 bridgehead atoms. The Morgan fingerprint density at radius 2 is 2.17 bits per heavy atom. The fourth-order valence-electron chi connectivity index (χ4n) is 1.60. The number of ether oxygens (including phenoxy) is 1. The maximum absolute atomic E-state index is 9.05. The average Bonchev–Trinajstić information content (AvgIpc) is 2.69. The zero-order valence-electron chi connectivity index (χ0n) is 11.8. The van der Waals surface area contributed by atoms with E-state index in [1.165, 1.54) is 0 Å². The van der Waals surface area contributed by atoms with Gasteiger partial charge < -0.3 is 14.7 Å². The van der Waals surface area contributed by atoms with Crippen molar-refractivity contribution in [2.45, 2.75) is 32.4 Å². The van der Waals surface area contributed by atoms with Crippen LogP contribution in [-0.2, 0) is 24.1 Å². The van der Waals surface area contributed by atoms with Crippen molar-refractivity contribution in [2.75, 3.05) is 34.4 Å². The molecule has 18 heavy (non-hydrogen) atoms. The van der Waals surface area contributed by atoms with Gasteiger partial charge in [0.2, 0.25) is 0 Å². The Kier molecular flexibility index (Phi) is 6.24. The molecule has 0 radical (unpaired) electrons. The molecule has 104 valence electrons. The molecule has 6 nitrogen and oxygen atoms in total. The van der Waals surface area contributed by atoms with Crippen molar-refractivity contribution in [1.29, 1.82) is 0 Å². The number of aliphatic hydroxyl groups excluding tert-OH is 1. The lowest BCUT2D eigenvalue weighted by Crippen LogP contribution is -2.28. The standard InChI is InChI=1S/C12H24N4O2/c1-10(15(2)3)9-12-13-11(5-8-18-4)14-16(12)6-7-17/h10,17H,5-9H2,1-4H3/t10-/m1/s1. The van der Waals surface area contributed by atoms with Gasteiger partial charge in [-0.25, -0.2) is 9.67 Å². The zero-order valence-corrected chi connectivity index (χ0v) is 11.8. The Balaban J connectivity index is 2.76. The number of aromatic nitrogens is 3. The lowest BCUT2D eigenvalue weighted by Gasteiger charge is -2.19. The first-order valence-electron chi connectivity index (χ1n) is 6.27. The van der Waals surface area contributed by atoms with Crippen molar-refractivity contribution in [3.63, 3.8) is 0 Å². The second-order valence-electron chi connectivity index (χ2n) is 4.65. The Labute approximate surface area is 109 Å². The quantitative estimate of drug-likeness (QED) is 0.706. The van der Waals surface area contributed by atoms with E-state index in [9.17, 15) is 0 Å². The predicted molar refractivity (Wildman–Crippen MR) is 69.5 cm³/mol. The third-order valence-corrected chi connectivity index (χ3v) is 2.99. The van der Waals surface area contributed by atoms with Gasteiger partial charge in [0, 0.05) is 26.0 Å². The van der Waals surface area contributed by atoms with Gasteiger partial charge in [0.25, 0.3) is 0 Å². The molecule has 0 aliphatic carbocycles. The SMILES string of the molecule is COCCc1nc(C[C@@H](C)N(C)C)n(CCO)n1. The summed E-state index contributed by atoms with van der Waals surface area (Å²) in [6.45, 7) is 3.34. The zero-order chi connectivity index (χ0) is 13.5. The summed E-state index contributed by atoms with van der Waals surface area (Å²) in [5, 5.41) is 13.4. The van der Waals surface area contributed by atoms with E-state index in [1.54, 1.807) is 11.8 Å². The summed E-state index contributed by atoms with van der Waals surface area (Å²) in [6, 6.07) is 0.391. The second-order valence-corrected chi connectivity index (χ2v) is 4.65. The van der Waals surface area contributed by atoms with E-state index in [1.807, 2.05) is 14.1 Å². The molecule has 0 saturated carbocycles. The molecular weight excluding hydrogens is 232 g/mol.